The molecule has 1 aliphatic carbocycles. The molecule has 0 aliphatic heterocycles. The molecule has 0 bridgehead atoms. The fourth-order valence-corrected chi connectivity index (χ4v) is 2.69. The summed E-state index contributed by atoms with van der Waals surface area (Å²) >= 11 is 0. The van der Waals surface area contributed by atoms with Gasteiger partial charge in [0, 0.05) is 12.7 Å². The zero-order valence-electron chi connectivity index (χ0n) is 11.5. The molecular weight excluding hydrogens is 242 g/mol. The Hall–Kier alpha value is -1.65. The first-order valence-corrected chi connectivity index (χ1v) is 6.88. The van der Waals surface area contributed by atoms with Crippen molar-refractivity contribution in [2.75, 3.05) is 11.9 Å². The first kappa shape index (κ1) is 13.8. The van der Waals surface area contributed by atoms with Crippen LogP contribution in [0.2, 0.25) is 0 Å². The van der Waals surface area contributed by atoms with Crippen molar-refractivity contribution in [3.05, 3.63) is 17.6 Å². The number of aryl methyl sites for hydroxylation is 1. The Morgan fingerprint density at radius 1 is 1.47 bits per heavy atom. The molecule has 1 fully saturated rings. The zero-order chi connectivity index (χ0) is 13.8. The lowest BCUT2D eigenvalue weighted by molar-refractivity contribution is 0.0697. The lowest BCUT2D eigenvalue weighted by atomic mass is 9.80. The van der Waals surface area contributed by atoms with E-state index in [-0.39, 0.29) is 5.56 Å². The first-order valence-electron chi connectivity index (χ1n) is 6.88. The van der Waals surface area contributed by atoms with Gasteiger partial charge in [0.05, 0.1) is 0 Å². The van der Waals surface area contributed by atoms with Crippen LogP contribution in [0.4, 0.5) is 5.82 Å². The maximum Gasteiger partial charge on any atom is 0.341 e. The van der Waals surface area contributed by atoms with Crippen LogP contribution in [0, 0.1) is 18.8 Å². The number of aromatic carboxylic acids is 1. The molecule has 0 aromatic carbocycles. The quantitative estimate of drug-likeness (QED) is 0.873. The summed E-state index contributed by atoms with van der Waals surface area (Å²) in [6.45, 7) is 4.83. The monoisotopic (exact) mass is 263 g/mol. The van der Waals surface area contributed by atoms with E-state index >= 15 is 0 Å². The van der Waals surface area contributed by atoms with Crippen molar-refractivity contribution >= 4 is 11.8 Å². The van der Waals surface area contributed by atoms with Gasteiger partial charge in [-0.05, 0) is 25.2 Å². The fourth-order valence-electron chi connectivity index (χ4n) is 2.69. The second kappa shape index (κ2) is 5.99. The van der Waals surface area contributed by atoms with Gasteiger partial charge in [0.1, 0.15) is 17.2 Å². The topological polar surface area (TPSA) is 75.1 Å². The molecule has 2 rings (SSSR count). The van der Waals surface area contributed by atoms with Gasteiger partial charge in [-0.1, -0.05) is 26.2 Å². The van der Waals surface area contributed by atoms with Crippen molar-refractivity contribution in [2.24, 2.45) is 11.8 Å². The number of nitrogens with one attached hydrogen (secondary N) is 1. The van der Waals surface area contributed by atoms with Crippen molar-refractivity contribution in [3.8, 4) is 0 Å². The van der Waals surface area contributed by atoms with Crippen LogP contribution in [-0.4, -0.2) is 27.6 Å². The third-order valence-corrected chi connectivity index (χ3v) is 3.96. The Bertz CT molecular complexity index is 462. The van der Waals surface area contributed by atoms with Crippen LogP contribution in [0.3, 0.4) is 0 Å². The van der Waals surface area contributed by atoms with E-state index in [1.807, 2.05) is 0 Å². The molecular formula is C14H21N3O2. The van der Waals surface area contributed by atoms with E-state index in [1.54, 1.807) is 6.92 Å². The molecule has 104 valence electrons. The Morgan fingerprint density at radius 3 is 2.89 bits per heavy atom. The van der Waals surface area contributed by atoms with E-state index < -0.39 is 5.97 Å². The largest absolute Gasteiger partial charge is 0.477 e. The smallest absolute Gasteiger partial charge is 0.341 e. The van der Waals surface area contributed by atoms with Gasteiger partial charge in [-0.15, -0.1) is 0 Å². The van der Waals surface area contributed by atoms with Crippen LogP contribution >= 0.6 is 0 Å². The van der Waals surface area contributed by atoms with Crippen LogP contribution in [0.25, 0.3) is 0 Å². The third kappa shape index (κ3) is 3.43. The highest BCUT2D eigenvalue weighted by Gasteiger charge is 2.22. The van der Waals surface area contributed by atoms with Gasteiger partial charge < -0.3 is 10.4 Å². The highest BCUT2D eigenvalue weighted by Crippen LogP contribution is 2.29. The summed E-state index contributed by atoms with van der Waals surface area (Å²) in [4.78, 5) is 19.3. The van der Waals surface area contributed by atoms with E-state index in [9.17, 15) is 4.79 Å². The van der Waals surface area contributed by atoms with Crippen molar-refractivity contribution < 1.29 is 9.90 Å². The van der Waals surface area contributed by atoms with Crippen molar-refractivity contribution in [3.63, 3.8) is 0 Å². The minimum absolute atomic E-state index is 0.147. The van der Waals surface area contributed by atoms with Crippen molar-refractivity contribution in [1.82, 2.24) is 9.97 Å². The van der Waals surface area contributed by atoms with Crippen molar-refractivity contribution in [1.29, 1.82) is 0 Å². The van der Waals surface area contributed by atoms with Crippen LogP contribution in [0.15, 0.2) is 6.20 Å². The van der Waals surface area contributed by atoms with Gasteiger partial charge >= 0.3 is 5.97 Å². The predicted molar refractivity (Wildman–Crippen MR) is 73.3 cm³/mol. The Kier molecular flexibility index (Phi) is 4.35. The normalized spacial score (nSPS) is 23.1. The highest BCUT2D eigenvalue weighted by atomic mass is 16.4. The van der Waals surface area contributed by atoms with E-state index in [4.69, 9.17) is 5.11 Å². The van der Waals surface area contributed by atoms with Gasteiger partial charge in [0.2, 0.25) is 0 Å². The molecule has 2 N–H and O–H groups in total. The Morgan fingerprint density at radius 2 is 2.21 bits per heavy atom. The Labute approximate surface area is 113 Å². The van der Waals surface area contributed by atoms with Gasteiger partial charge in [-0.2, -0.15) is 0 Å². The van der Waals surface area contributed by atoms with Crippen LogP contribution in [0.5, 0.6) is 0 Å². The van der Waals surface area contributed by atoms with Crippen LogP contribution < -0.4 is 5.32 Å². The molecule has 1 aromatic heterocycles. The molecule has 5 heteroatoms. The molecule has 2 unspecified atom stereocenters. The van der Waals surface area contributed by atoms with E-state index in [0.717, 1.165) is 6.54 Å². The predicted octanol–water partition coefficient (Wildman–Crippen LogP) is 2.72. The third-order valence-electron chi connectivity index (χ3n) is 3.96. The summed E-state index contributed by atoms with van der Waals surface area (Å²) in [5.41, 5.74) is 0.147. The minimum atomic E-state index is -0.987. The summed E-state index contributed by atoms with van der Waals surface area (Å²) < 4.78 is 0. The molecule has 0 spiro atoms. The number of aromatic nitrogens is 2. The second-order valence-corrected chi connectivity index (χ2v) is 5.39. The fraction of sp³-hybridized carbons (Fsp3) is 0.643. The number of anilines is 1. The maximum atomic E-state index is 11.1. The lowest BCUT2D eigenvalue weighted by Gasteiger charge is -2.29. The summed E-state index contributed by atoms with van der Waals surface area (Å²) in [7, 11) is 0. The summed E-state index contributed by atoms with van der Waals surface area (Å²) in [5.74, 6) is 1.34. The highest BCUT2D eigenvalue weighted by molar-refractivity contribution is 5.92. The van der Waals surface area contributed by atoms with E-state index in [2.05, 4.69) is 22.2 Å². The SMILES string of the molecule is Cc1ncc(C(=O)O)c(NCC2CCCCC2C)n1. The molecule has 1 saturated carbocycles. The zero-order valence-corrected chi connectivity index (χ0v) is 11.5. The average Bonchev–Trinajstić information content (AvgIpc) is 2.37. The van der Waals surface area contributed by atoms with Crippen LogP contribution in [0.1, 0.15) is 48.8 Å². The van der Waals surface area contributed by atoms with Gasteiger partial charge in [0.15, 0.2) is 0 Å². The summed E-state index contributed by atoms with van der Waals surface area (Å²) in [5, 5.41) is 12.3. The Balaban J connectivity index is 2.05. The molecule has 19 heavy (non-hydrogen) atoms. The summed E-state index contributed by atoms with van der Waals surface area (Å²) in [6.07, 6.45) is 6.43. The second-order valence-electron chi connectivity index (χ2n) is 5.39. The molecule has 0 amide bonds. The van der Waals surface area contributed by atoms with Gasteiger partial charge in [0.25, 0.3) is 0 Å². The molecule has 5 nitrogen and oxygen atoms in total. The number of nitrogens with zero attached hydrogens (tertiary/aromatic N) is 2. The van der Waals surface area contributed by atoms with E-state index in [0.29, 0.717) is 23.5 Å². The summed E-state index contributed by atoms with van der Waals surface area (Å²) in [6, 6.07) is 0. The van der Waals surface area contributed by atoms with Gasteiger partial charge in [-0.3, -0.25) is 0 Å². The molecule has 1 aliphatic rings. The molecule has 2 atom stereocenters. The maximum absolute atomic E-state index is 11.1. The van der Waals surface area contributed by atoms with Gasteiger partial charge in [-0.25, -0.2) is 14.8 Å². The minimum Gasteiger partial charge on any atom is -0.477 e. The number of rotatable bonds is 4. The molecule has 0 radical (unpaired) electrons. The first-order chi connectivity index (χ1) is 9.08. The van der Waals surface area contributed by atoms with Crippen LogP contribution in [-0.2, 0) is 0 Å². The molecule has 1 aromatic rings. The number of carboxylic acids is 1. The number of hydrogen-bond acceptors (Lipinski definition) is 4. The number of carboxylic acid groups (broad SMARTS) is 1. The number of hydrogen-bond donors (Lipinski definition) is 2. The standard InChI is InChI=1S/C14H21N3O2/c1-9-5-3-4-6-11(9)7-16-13-12(14(18)19)8-15-10(2)17-13/h8-9,11H,3-7H2,1-2H3,(H,18,19)(H,15,16,17). The molecule has 0 saturated heterocycles. The molecule has 1 heterocycles. The van der Waals surface area contributed by atoms with Crippen molar-refractivity contribution in [2.45, 2.75) is 39.5 Å². The number of carbonyl (C=O) groups is 1. The van der Waals surface area contributed by atoms with E-state index in [1.165, 1.54) is 31.9 Å². The average molecular weight is 263 g/mol. The lowest BCUT2D eigenvalue weighted by Crippen LogP contribution is -2.25.